The zero-order valence-electron chi connectivity index (χ0n) is 17.1. The highest BCUT2D eigenvalue weighted by molar-refractivity contribution is 6.03. The number of rotatable bonds is 4. The summed E-state index contributed by atoms with van der Waals surface area (Å²) in [6, 6.07) is 20.9. The fourth-order valence-electron chi connectivity index (χ4n) is 4.25. The van der Waals surface area contributed by atoms with E-state index in [1.54, 1.807) is 6.08 Å². The van der Waals surface area contributed by atoms with Gasteiger partial charge < -0.3 is 9.13 Å². The molecule has 4 nitrogen and oxygen atoms in total. The minimum Gasteiger partial charge on any atom is -0.327 e. The molecular formula is C26H22N4. The molecule has 0 aliphatic carbocycles. The summed E-state index contributed by atoms with van der Waals surface area (Å²) < 4.78 is 4.23. The van der Waals surface area contributed by atoms with Crippen LogP contribution in [0.2, 0.25) is 0 Å². The maximum absolute atomic E-state index is 4.91. The molecule has 0 bridgehead atoms. The Bertz CT molecular complexity index is 1450. The van der Waals surface area contributed by atoms with Crippen LogP contribution in [0.5, 0.6) is 0 Å². The lowest BCUT2D eigenvalue weighted by molar-refractivity contribution is 0.914. The average Bonchev–Trinajstić information content (AvgIpc) is 3.29. The quantitative estimate of drug-likeness (QED) is 0.373. The van der Waals surface area contributed by atoms with Gasteiger partial charge >= 0.3 is 0 Å². The van der Waals surface area contributed by atoms with Gasteiger partial charge in [0.25, 0.3) is 0 Å². The molecular weight excluding hydrogens is 368 g/mol. The zero-order valence-corrected chi connectivity index (χ0v) is 17.1. The first-order chi connectivity index (χ1) is 14.6. The van der Waals surface area contributed by atoms with Crippen LogP contribution in [0, 0.1) is 0 Å². The van der Waals surface area contributed by atoms with Crippen LogP contribution in [-0.4, -0.2) is 19.1 Å². The van der Waals surface area contributed by atoms with Crippen molar-refractivity contribution < 1.29 is 0 Å². The van der Waals surface area contributed by atoms with E-state index in [0.29, 0.717) is 0 Å². The molecule has 0 saturated heterocycles. The third-order valence-electron chi connectivity index (χ3n) is 5.75. The first-order valence-electron chi connectivity index (χ1n) is 9.89. The summed E-state index contributed by atoms with van der Waals surface area (Å²) in [7, 11) is 4.08. The molecule has 2 heterocycles. The topological polar surface area (TPSA) is 35.6 Å². The third-order valence-corrected chi connectivity index (χ3v) is 5.75. The Morgan fingerprint density at radius 2 is 1.33 bits per heavy atom. The van der Waals surface area contributed by atoms with E-state index in [0.717, 1.165) is 56.0 Å². The zero-order chi connectivity index (χ0) is 20.8. The Labute approximate surface area is 175 Å². The van der Waals surface area contributed by atoms with Gasteiger partial charge in [0.1, 0.15) is 11.6 Å². The summed E-state index contributed by atoms with van der Waals surface area (Å²) in [5, 5.41) is 2.29. The summed E-state index contributed by atoms with van der Waals surface area (Å²) in [5.41, 5.74) is 6.10. The van der Waals surface area contributed by atoms with Gasteiger partial charge in [0.05, 0.1) is 22.4 Å². The predicted molar refractivity (Wildman–Crippen MR) is 126 cm³/mol. The predicted octanol–water partition coefficient (Wildman–Crippen LogP) is 6.08. The number of aryl methyl sites for hydroxylation is 1. The van der Waals surface area contributed by atoms with Crippen LogP contribution < -0.4 is 0 Å². The molecule has 0 unspecified atom stereocenters. The van der Waals surface area contributed by atoms with Crippen molar-refractivity contribution in [1.29, 1.82) is 0 Å². The number of hydrogen-bond acceptors (Lipinski definition) is 2. The van der Waals surface area contributed by atoms with Gasteiger partial charge in [0, 0.05) is 25.2 Å². The molecule has 3 aromatic carbocycles. The second kappa shape index (κ2) is 6.85. The fraction of sp³-hybridized carbons (Fsp3) is 0.0769. The van der Waals surface area contributed by atoms with Gasteiger partial charge in [-0.15, -0.1) is 0 Å². The van der Waals surface area contributed by atoms with Gasteiger partial charge in [-0.3, -0.25) is 0 Å². The highest BCUT2D eigenvalue weighted by Gasteiger charge is 2.17. The van der Waals surface area contributed by atoms with E-state index < -0.39 is 0 Å². The molecule has 0 spiro atoms. The smallest absolute Gasteiger partial charge is 0.141 e. The summed E-state index contributed by atoms with van der Waals surface area (Å²) in [4.78, 5) is 9.74. The highest BCUT2D eigenvalue weighted by Crippen LogP contribution is 2.35. The van der Waals surface area contributed by atoms with Crippen molar-refractivity contribution in [2.24, 2.45) is 14.1 Å². The Morgan fingerprint density at radius 3 is 1.90 bits per heavy atom. The molecule has 0 aliphatic heterocycles. The number of imidazole rings is 2. The maximum atomic E-state index is 4.91. The van der Waals surface area contributed by atoms with Gasteiger partial charge in [-0.1, -0.05) is 61.7 Å². The standard InChI is InChI=1S/C26H22N4/c1-5-21-23(6-2)29(3)25(27-21)19-13-9-12-18-17(19)11-10-14-20(18)26-28-22-15-7-8-16-24(22)30(26)4/h5-16H,1-2H2,3-4H3. The molecule has 2 aromatic heterocycles. The number of fused-ring (bicyclic) bond motifs is 2. The van der Waals surface area contributed by atoms with Crippen LogP contribution in [0.1, 0.15) is 11.4 Å². The molecule has 4 heteroatoms. The van der Waals surface area contributed by atoms with Gasteiger partial charge in [-0.05, 0) is 35.1 Å². The van der Waals surface area contributed by atoms with E-state index in [1.807, 2.05) is 25.3 Å². The summed E-state index contributed by atoms with van der Waals surface area (Å²) >= 11 is 0. The summed E-state index contributed by atoms with van der Waals surface area (Å²) in [6.45, 7) is 7.83. The van der Waals surface area contributed by atoms with Crippen LogP contribution in [0.25, 0.3) is 56.7 Å². The lowest BCUT2D eigenvalue weighted by Gasteiger charge is -2.11. The number of aromatic nitrogens is 4. The third kappa shape index (κ3) is 2.54. The van der Waals surface area contributed by atoms with Gasteiger partial charge in [-0.2, -0.15) is 0 Å². The summed E-state index contributed by atoms with van der Waals surface area (Å²) in [5.74, 6) is 1.85. The van der Waals surface area contributed by atoms with E-state index in [1.165, 1.54) is 0 Å². The number of para-hydroxylation sites is 2. The van der Waals surface area contributed by atoms with E-state index in [4.69, 9.17) is 9.97 Å². The van der Waals surface area contributed by atoms with E-state index in [9.17, 15) is 0 Å². The highest BCUT2D eigenvalue weighted by atomic mass is 15.1. The minimum absolute atomic E-state index is 0.839. The van der Waals surface area contributed by atoms with Crippen molar-refractivity contribution in [1.82, 2.24) is 19.1 Å². The molecule has 146 valence electrons. The molecule has 0 radical (unpaired) electrons. The first kappa shape index (κ1) is 18.1. The van der Waals surface area contributed by atoms with E-state index in [2.05, 4.69) is 77.9 Å². The molecule has 5 aromatic rings. The number of benzene rings is 3. The number of nitrogens with zero attached hydrogens (tertiary/aromatic N) is 4. The SMILES string of the molecule is C=Cc1nc(-c2cccc3c(-c4nc5ccccc5n4C)cccc23)n(C)c1C=C. The van der Waals surface area contributed by atoms with E-state index in [-0.39, 0.29) is 0 Å². The maximum Gasteiger partial charge on any atom is 0.141 e. The largest absolute Gasteiger partial charge is 0.327 e. The van der Waals surface area contributed by atoms with Gasteiger partial charge in [0.2, 0.25) is 0 Å². The van der Waals surface area contributed by atoms with Crippen LogP contribution in [0.4, 0.5) is 0 Å². The summed E-state index contributed by atoms with van der Waals surface area (Å²) in [6.07, 6.45) is 3.60. The second-order valence-electron chi connectivity index (χ2n) is 7.36. The Kier molecular flexibility index (Phi) is 4.14. The normalized spacial score (nSPS) is 11.3. The van der Waals surface area contributed by atoms with Crippen molar-refractivity contribution in [3.8, 4) is 22.8 Å². The van der Waals surface area contributed by atoms with Crippen molar-refractivity contribution >= 4 is 34.0 Å². The molecule has 5 rings (SSSR count). The van der Waals surface area contributed by atoms with Crippen molar-refractivity contribution in [2.75, 3.05) is 0 Å². The lowest BCUT2D eigenvalue weighted by atomic mass is 9.99. The van der Waals surface area contributed by atoms with Gasteiger partial charge in [0.15, 0.2) is 0 Å². The number of hydrogen-bond donors (Lipinski definition) is 0. The molecule has 0 fully saturated rings. The fourth-order valence-corrected chi connectivity index (χ4v) is 4.25. The van der Waals surface area contributed by atoms with Crippen LogP contribution in [0.15, 0.2) is 73.8 Å². The molecule has 0 N–H and O–H groups in total. The monoisotopic (exact) mass is 390 g/mol. The Balaban J connectivity index is 1.79. The Morgan fingerprint density at radius 1 is 0.700 bits per heavy atom. The lowest BCUT2D eigenvalue weighted by Crippen LogP contribution is -1.97. The van der Waals surface area contributed by atoms with Crippen LogP contribution >= 0.6 is 0 Å². The molecule has 30 heavy (non-hydrogen) atoms. The Hall–Kier alpha value is -3.92. The molecule has 0 atom stereocenters. The van der Waals surface area contributed by atoms with Crippen LogP contribution in [-0.2, 0) is 14.1 Å². The van der Waals surface area contributed by atoms with Crippen molar-refractivity contribution in [3.05, 3.63) is 85.2 Å². The van der Waals surface area contributed by atoms with Crippen LogP contribution in [0.3, 0.4) is 0 Å². The molecule has 0 aliphatic rings. The first-order valence-corrected chi connectivity index (χ1v) is 9.89. The van der Waals surface area contributed by atoms with Gasteiger partial charge in [-0.25, -0.2) is 9.97 Å². The van der Waals surface area contributed by atoms with Crippen molar-refractivity contribution in [2.45, 2.75) is 0 Å². The average molecular weight is 390 g/mol. The molecule has 0 saturated carbocycles. The minimum atomic E-state index is 0.839. The second-order valence-corrected chi connectivity index (χ2v) is 7.36. The van der Waals surface area contributed by atoms with Crippen molar-refractivity contribution in [3.63, 3.8) is 0 Å². The van der Waals surface area contributed by atoms with E-state index >= 15 is 0 Å². The molecule has 0 amide bonds.